The molecule has 146 valence electrons. The molecule has 3 aromatic rings. The number of nitrogens with zero attached hydrogens (tertiary/aromatic N) is 1. The number of aryl methyl sites for hydroxylation is 1. The second-order valence-electron chi connectivity index (χ2n) is 6.23. The van der Waals surface area contributed by atoms with E-state index >= 15 is 0 Å². The molecule has 29 heavy (non-hydrogen) atoms. The number of esters is 2. The van der Waals surface area contributed by atoms with Gasteiger partial charge in [0.05, 0.1) is 16.1 Å². The van der Waals surface area contributed by atoms with Crippen LogP contribution in [-0.2, 0) is 11.3 Å². The first-order valence-corrected chi connectivity index (χ1v) is 8.72. The Bertz CT molecular complexity index is 1040. The van der Waals surface area contributed by atoms with Crippen molar-refractivity contribution in [1.82, 2.24) is 0 Å². The lowest BCUT2D eigenvalue weighted by molar-refractivity contribution is -0.385. The molecule has 0 unspecified atom stereocenters. The second kappa shape index (κ2) is 8.79. The van der Waals surface area contributed by atoms with Crippen molar-refractivity contribution in [2.75, 3.05) is 0 Å². The number of hydrogen-bond acceptors (Lipinski definition) is 6. The van der Waals surface area contributed by atoms with Crippen molar-refractivity contribution in [1.29, 1.82) is 0 Å². The number of nitro groups is 1. The zero-order valence-electron chi connectivity index (χ0n) is 15.5. The van der Waals surface area contributed by atoms with E-state index in [0.29, 0.717) is 11.1 Å². The Morgan fingerprint density at radius 1 is 0.897 bits per heavy atom. The molecule has 0 fully saturated rings. The van der Waals surface area contributed by atoms with Gasteiger partial charge in [-0.15, -0.1) is 0 Å². The van der Waals surface area contributed by atoms with Crippen molar-refractivity contribution in [2.24, 2.45) is 0 Å². The first-order chi connectivity index (χ1) is 13.9. The van der Waals surface area contributed by atoms with Crippen molar-refractivity contribution in [3.8, 4) is 5.75 Å². The highest BCUT2D eigenvalue weighted by Gasteiger charge is 2.15. The van der Waals surface area contributed by atoms with Gasteiger partial charge in [-0.3, -0.25) is 10.1 Å². The summed E-state index contributed by atoms with van der Waals surface area (Å²) in [5, 5.41) is 10.9. The largest absolute Gasteiger partial charge is 0.457 e. The van der Waals surface area contributed by atoms with Gasteiger partial charge < -0.3 is 9.47 Å². The minimum atomic E-state index is -0.651. The van der Waals surface area contributed by atoms with Crippen LogP contribution in [0.25, 0.3) is 0 Å². The summed E-state index contributed by atoms with van der Waals surface area (Å²) in [7, 11) is 0. The Hall–Kier alpha value is -4.00. The third-order valence-electron chi connectivity index (χ3n) is 4.14. The zero-order chi connectivity index (χ0) is 20.8. The molecule has 0 aromatic heterocycles. The van der Waals surface area contributed by atoms with E-state index in [1.165, 1.54) is 42.5 Å². The van der Waals surface area contributed by atoms with Crippen LogP contribution in [0, 0.1) is 17.0 Å². The van der Waals surface area contributed by atoms with Gasteiger partial charge in [0, 0.05) is 11.6 Å². The summed E-state index contributed by atoms with van der Waals surface area (Å²) in [4.78, 5) is 34.7. The zero-order valence-corrected chi connectivity index (χ0v) is 15.5. The molecule has 0 radical (unpaired) electrons. The maximum atomic E-state index is 12.2. The predicted octanol–water partition coefficient (Wildman–Crippen LogP) is 4.48. The van der Waals surface area contributed by atoms with E-state index in [1.54, 1.807) is 6.92 Å². The summed E-state index contributed by atoms with van der Waals surface area (Å²) in [5.74, 6) is -0.897. The summed E-state index contributed by atoms with van der Waals surface area (Å²) in [5.41, 5.74) is 1.69. The van der Waals surface area contributed by atoms with E-state index in [-0.39, 0.29) is 23.6 Å². The number of carbonyl (C=O) groups excluding carboxylic acids is 2. The van der Waals surface area contributed by atoms with Gasteiger partial charge >= 0.3 is 11.9 Å². The molecule has 0 N–H and O–H groups in total. The Morgan fingerprint density at radius 3 is 2.17 bits per heavy atom. The third-order valence-corrected chi connectivity index (χ3v) is 4.14. The molecule has 0 aliphatic carbocycles. The average Bonchev–Trinajstić information content (AvgIpc) is 2.73. The van der Waals surface area contributed by atoms with E-state index in [0.717, 1.165) is 5.56 Å². The first-order valence-electron chi connectivity index (χ1n) is 8.72. The monoisotopic (exact) mass is 391 g/mol. The lowest BCUT2D eigenvalue weighted by Gasteiger charge is -2.07. The minimum absolute atomic E-state index is 0.0695. The minimum Gasteiger partial charge on any atom is -0.457 e. The SMILES string of the molecule is Cc1cc(C(=O)Oc2ccc(C(=O)OCc3ccccc3)cc2)ccc1[N+](=O)[O-]. The Morgan fingerprint density at radius 2 is 1.55 bits per heavy atom. The summed E-state index contributed by atoms with van der Waals surface area (Å²) >= 11 is 0. The normalized spacial score (nSPS) is 10.2. The lowest BCUT2D eigenvalue weighted by Crippen LogP contribution is -2.10. The summed E-state index contributed by atoms with van der Waals surface area (Å²) < 4.78 is 10.5. The van der Waals surface area contributed by atoms with E-state index in [2.05, 4.69) is 0 Å². The molecule has 0 heterocycles. The molecule has 0 aliphatic rings. The third kappa shape index (κ3) is 5.04. The van der Waals surface area contributed by atoms with Gasteiger partial charge in [0.15, 0.2) is 0 Å². The standard InChI is InChI=1S/C22H17NO6/c1-15-13-18(9-12-20(15)23(26)27)22(25)29-19-10-7-17(8-11-19)21(24)28-14-16-5-3-2-4-6-16/h2-13H,14H2,1H3. The van der Waals surface area contributed by atoms with Gasteiger partial charge in [-0.2, -0.15) is 0 Å². The van der Waals surface area contributed by atoms with Crippen LogP contribution in [0.3, 0.4) is 0 Å². The van der Waals surface area contributed by atoms with Gasteiger partial charge in [0.2, 0.25) is 0 Å². The molecular formula is C22H17NO6. The van der Waals surface area contributed by atoms with E-state index in [1.807, 2.05) is 30.3 Å². The summed E-state index contributed by atoms with van der Waals surface area (Å²) in [6, 6.07) is 19.3. The van der Waals surface area contributed by atoms with E-state index in [4.69, 9.17) is 9.47 Å². The number of nitro benzene ring substituents is 1. The van der Waals surface area contributed by atoms with Crippen LogP contribution >= 0.6 is 0 Å². The predicted molar refractivity (Wildman–Crippen MR) is 105 cm³/mol. The topological polar surface area (TPSA) is 95.7 Å². The Balaban J connectivity index is 1.61. The number of carbonyl (C=O) groups is 2. The molecule has 0 spiro atoms. The van der Waals surface area contributed by atoms with Gasteiger partial charge in [-0.05, 0) is 48.9 Å². The Labute approximate surface area is 166 Å². The smallest absolute Gasteiger partial charge is 0.343 e. The molecule has 0 aliphatic heterocycles. The van der Waals surface area contributed by atoms with Gasteiger partial charge in [0.25, 0.3) is 5.69 Å². The molecular weight excluding hydrogens is 374 g/mol. The van der Waals surface area contributed by atoms with Crippen LogP contribution < -0.4 is 4.74 Å². The number of hydrogen-bond donors (Lipinski definition) is 0. The van der Waals surface area contributed by atoms with E-state index < -0.39 is 16.9 Å². The maximum Gasteiger partial charge on any atom is 0.343 e. The van der Waals surface area contributed by atoms with Crippen LogP contribution in [0.2, 0.25) is 0 Å². The van der Waals surface area contributed by atoms with Crippen LogP contribution in [-0.4, -0.2) is 16.9 Å². The van der Waals surface area contributed by atoms with Gasteiger partial charge in [-0.25, -0.2) is 9.59 Å². The summed E-state index contributed by atoms with van der Waals surface area (Å²) in [6.07, 6.45) is 0. The van der Waals surface area contributed by atoms with Crippen molar-refractivity contribution < 1.29 is 24.0 Å². The highest BCUT2D eigenvalue weighted by molar-refractivity contribution is 5.92. The molecule has 7 heteroatoms. The fraction of sp³-hybridized carbons (Fsp3) is 0.0909. The quantitative estimate of drug-likeness (QED) is 0.266. The highest BCUT2D eigenvalue weighted by Crippen LogP contribution is 2.21. The molecule has 0 bridgehead atoms. The first kappa shape index (κ1) is 19.8. The number of rotatable bonds is 6. The lowest BCUT2D eigenvalue weighted by atomic mass is 10.1. The van der Waals surface area contributed by atoms with Crippen LogP contribution in [0.4, 0.5) is 5.69 Å². The molecule has 0 saturated heterocycles. The van der Waals surface area contributed by atoms with Crippen molar-refractivity contribution in [3.63, 3.8) is 0 Å². The maximum absolute atomic E-state index is 12.2. The second-order valence-corrected chi connectivity index (χ2v) is 6.23. The average molecular weight is 391 g/mol. The molecule has 0 atom stereocenters. The van der Waals surface area contributed by atoms with Crippen molar-refractivity contribution in [3.05, 3.63) is 105 Å². The highest BCUT2D eigenvalue weighted by atomic mass is 16.6. The van der Waals surface area contributed by atoms with Crippen LogP contribution in [0.15, 0.2) is 72.8 Å². The Kier molecular flexibility index (Phi) is 5.99. The fourth-order valence-corrected chi connectivity index (χ4v) is 2.62. The van der Waals surface area contributed by atoms with Crippen molar-refractivity contribution >= 4 is 17.6 Å². The summed E-state index contributed by atoms with van der Waals surface area (Å²) in [6.45, 7) is 1.71. The van der Waals surface area contributed by atoms with Crippen molar-refractivity contribution in [2.45, 2.75) is 13.5 Å². The number of benzene rings is 3. The van der Waals surface area contributed by atoms with Gasteiger partial charge in [-0.1, -0.05) is 30.3 Å². The molecule has 7 nitrogen and oxygen atoms in total. The van der Waals surface area contributed by atoms with Crippen LogP contribution in [0.5, 0.6) is 5.75 Å². The molecule has 3 rings (SSSR count). The number of ether oxygens (including phenoxy) is 2. The van der Waals surface area contributed by atoms with E-state index in [9.17, 15) is 19.7 Å². The van der Waals surface area contributed by atoms with Crippen LogP contribution in [0.1, 0.15) is 31.8 Å². The molecule has 0 amide bonds. The molecule has 0 saturated carbocycles. The molecule has 3 aromatic carbocycles. The van der Waals surface area contributed by atoms with Gasteiger partial charge in [0.1, 0.15) is 12.4 Å². The fourth-order valence-electron chi connectivity index (χ4n) is 2.62.